The molecule has 1 aliphatic heterocycles. The largest absolute Gasteiger partial charge is 0.379 e. The van der Waals surface area contributed by atoms with Crippen LogP contribution in [0.25, 0.3) is 0 Å². The molecule has 0 aliphatic carbocycles. The third-order valence-electron chi connectivity index (χ3n) is 4.10. The Morgan fingerprint density at radius 2 is 1.96 bits per heavy atom. The van der Waals surface area contributed by atoms with E-state index in [2.05, 4.69) is 10.3 Å². The first-order chi connectivity index (χ1) is 13.5. The summed E-state index contributed by atoms with van der Waals surface area (Å²) in [5, 5.41) is 3.99. The van der Waals surface area contributed by atoms with Crippen LogP contribution in [0.4, 0.5) is 0 Å². The Balaban J connectivity index is 1.51. The topological polar surface area (TPSA) is 88.6 Å². The lowest BCUT2D eigenvalue weighted by molar-refractivity contribution is -0.118. The molecule has 7 nitrogen and oxygen atoms in total. The van der Waals surface area contributed by atoms with Crippen LogP contribution in [-0.2, 0) is 26.1 Å². The minimum absolute atomic E-state index is 0.141. The van der Waals surface area contributed by atoms with Gasteiger partial charge in [0.25, 0.3) is 0 Å². The summed E-state index contributed by atoms with van der Waals surface area (Å²) >= 11 is 7.30. The molecular formula is C18H20ClN3O4S2. The van der Waals surface area contributed by atoms with Crippen molar-refractivity contribution >= 4 is 39.3 Å². The Kier molecular flexibility index (Phi) is 7.30. The maximum atomic E-state index is 12.6. The second kappa shape index (κ2) is 9.71. The van der Waals surface area contributed by atoms with E-state index in [1.807, 2.05) is 18.2 Å². The number of amides is 1. The molecule has 1 aromatic carbocycles. The van der Waals surface area contributed by atoms with Crippen molar-refractivity contribution in [1.29, 1.82) is 0 Å². The summed E-state index contributed by atoms with van der Waals surface area (Å²) in [5.41, 5.74) is 0.846. The third kappa shape index (κ3) is 5.45. The predicted molar refractivity (Wildman–Crippen MR) is 108 cm³/mol. The summed E-state index contributed by atoms with van der Waals surface area (Å²) in [7, 11) is -3.56. The zero-order chi connectivity index (χ0) is 20.0. The second-order valence-electron chi connectivity index (χ2n) is 6.01. The average Bonchev–Trinajstić information content (AvgIpc) is 2.72. The number of rotatable bonds is 7. The molecule has 0 bridgehead atoms. The molecular weight excluding hydrogens is 422 g/mol. The fourth-order valence-corrected chi connectivity index (χ4v) is 4.80. The normalized spacial score (nSPS) is 15.3. The van der Waals surface area contributed by atoms with Gasteiger partial charge in [0.1, 0.15) is 4.90 Å². The molecule has 2 heterocycles. The van der Waals surface area contributed by atoms with Gasteiger partial charge in [-0.3, -0.25) is 4.79 Å². The van der Waals surface area contributed by atoms with Gasteiger partial charge in [0.2, 0.25) is 15.9 Å². The van der Waals surface area contributed by atoms with Crippen LogP contribution in [-0.4, -0.2) is 55.7 Å². The Labute approximate surface area is 173 Å². The van der Waals surface area contributed by atoms with E-state index in [-0.39, 0.29) is 16.6 Å². The lowest BCUT2D eigenvalue weighted by Gasteiger charge is -2.25. The maximum absolute atomic E-state index is 12.6. The second-order valence-corrected chi connectivity index (χ2v) is 9.35. The number of carbonyl (C=O) groups excluding carboxylic acids is 1. The highest BCUT2D eigenvalue weighted by molar-refractivity contribution is 7.99. The first-order valence-electron chi connectivity index (χ1n) is 8.63. The number of hydrogen-bond acceptors (Lipinski definition) is 6. The smallest absolute Gasteiger partial charge is 0.244 e. The van der Waals surface area contributed by atoms with E-state index in [0.29, 0.717) is 42.9 Å². The monoisotopic (exact) mass is 441 g/mol. The number of morpholine rings is 1. The predicted octanol–water partition coefficient (Wildman–Crippen LogP) is 2.16. The Morgan fingerprint density at radius 1 is 1.21 bits per heavy atom. The van der Waals surface area contributed by atoms with Crippen LogP contribution < -0.4 is 5.32 Å². The number of thioether (sulfide) groups is 1. The van der Waals surface area contributed by atoms with Crippen LogP contribution in [0, 0.1) is 0 Å². The SMILES string of the molecule is O=C(CSc1ccc(S(=O)(=O)N2CCOCC2)cn1)NCc1ccccc1Cl. The van der Waals surface area contributed by atoms with Crippen molar-refractivity contribution in [2.75, 3.05) is 32.1 Å². The number of sulfonamides is 1. The van der Waals surface area contributed by atoms with E-state index in [1.165, 1.54) is 28.3 Å². The molecule has 28 heavy (non-hydrogen) atoms. The summed E-state index contributed by atoms with van der Waals surface area (Å²) in [6, 6.07) is 10.4. The van der Waals surface area contributed by atoms with Gasteiger partial charge in [0.15, 0.2) is 0 Å². The summed E-state index contributed by atoms with van der Waals surface area (Å²) in [4.78, 5) is 16.3. The molecule has 1 fully saturated rings. The standard InChI is InChI=1S/C18H20ClN3O4S2/c19-16-4-2-1-3-14(16)11-20-17(23)13-27-18-6-5-15(12-21-18)28(24,25)22-7-9-26-10-8-22/h1-6,12H,7-11,13H2,(H,20,23). The summed E-state index contributed by atoms with van der Waals surface area (Å²) < 4.78 is 31.7. The number of ether oxygens (including phenoxy) is 1. The summed E-state index contributed by atoms with van der Waals surface area (Å²) in [5.74, 6) is 0.0178. The Hall–Kier alpha value is -1.65. The zero-order valence-electron chi connectivity index (χ0n) is 15.0. The fraction of sp³-hybridized carbons (Fsp3) is 0.333. The summed E-state index contributed by atoms with van der Waals surface area (Å²) in [6.45, 7) is 1.81. The number of pyridine rings is 1. The van der Waals surface area contributed by atoms with Gasteiger partial charge in [0, 0.05) is 30.9 Å². The lowest BCUT2D eigenvalue weighted by Crippen LogP contribution is -2.40. The molecule has 10 heteroatoms. The van der Waals surface area contributed by atoms with E-state index in [1.54, 1.807) is 12.1 Å². The molecule has 3 rings (SSSR count). The van der Waals surface area contributed by atoms with Crippen molar-refractivity contribution in [3.63, 3.8) is 0 Å². The highest BCUT2D eigenvalue weighted by Crippen LogP contribution is 2.20. The minimum Gasteiger partial charge on any atom is -0.379 e. The first kappa shape index (κ1) is 21.1. The third-order valence-corrected chi connectivity index (χ3v) is 7.30. The number of benzene rings is 1. The van der Waals surface area contributed by atoms with Crippen molar-refractivity contribution in [2.24, 2.45) is 0 Å². The molecule has 1 aliphatic rings. The van der Waals surface area contributed by atoms with Gasteiger partial charge in [-0.25, -0.2) is 13.4 Å². The van der Waals surface area contributed by atoms with Crippen molar-refractivity contribution < 1.29 is 17.9 Å². The minimum atomic E-state index is -3.56. The van der Waals surface area contributed by atoms with E-state index in [9.17, 15) is 13.2 Å². The number of carbonyl (C=O) groups is 1. The van der Waals surface area contributed by atoms with Crippen LogP contribution in [0.15, 0.2) is 52.5 Å². The zero-order valence-corrected chi connectivity index (χ0v) is 17.4. The van der Waals surface area contributed by atoms with Gasteiger partial charge < -0.3 is 10.1 Å². The number of nitrogens with zero attached hydrogens (tertiary/aromatic N) is 2. The fourth-order valence-electron chi connectivity index (χ4n) is 2.57. The molecule has 2 aromatic rings. The maximum Gasteiger partial charge on any atom is 0.244 e. The van der Waals surface area contributed by atoms with E-state index >= 15 is 0 Å². The van der Waals surface area contributed by atoms with Crippen LogP contribution >= 0.6 is 23.4 Å². The number of hydrogen-bond donors (Lipinski definition) is 1. The quantitative estimate of drug-likeness (QED) is 0.662. The molecule has 1 N–H and O–H groups in total. The number of aromatic nitrogens is 1. The molecule has 150 valence electrons. The van der Waals surface area contributed by atoms with Gasteiger partial charge in [-0.15, -0.1) is 0 Å². The van der Waals surface area contributed by atoms with Crippen molar-refractivity contribution in [3.8, 4) is 0 Å². The van der Waals surface area contributed by atoms with Crippen molar-refractivity contribution in [2.45, 2.75) is 16.5 Å². The van der Waals surface area contributed by atoms with Crippen molar-refractivity contribution in [3.05, 3.63) is 53.2 Å². The van der Waals surface area contributed by atoms with E-state index in [4.69, 9.17) is 16.3 Å². The van der Waals surface area contributed by atoms with Crippen molar-refractivity contribution in [1.82, 2.24) is 14.6 Å². The molecule has 1 aromatic heterocycles. The molecule has 0 saturated carbocycles. The van der Waals surface area contributed by atoms with Crippen LogP contribution in [0.1, 0.15) is 5.56 Å². The lowest BCUT2D eigenvalue weighted by atomic mass is 10.2. The molecule has 0 spiro atoms. The highest BCUT2D eigenvalue weighted by Gasteiger charge is 2.26. The molecule has 1 amide bonds. The van der Waals surface area contributed by atoms with E-state index in [0.717, 1.165) is 5.56 Å². The van der Waals surface area contributed by atoms with Crippen LogP contribution in [0.3, 0.4) is 0 Å². The molecule has 0 unspecified atom stereocenters. The van der Waals surface area contributed by atoms with Crippen LogP contribution in [0.2, 0.25) is 5.02 Å². The van der Waals surface area contributed by atoms with Gasteiger partial charge in [-0.1, -0.05) is 41.6 Å². The van der Waals surface area contributed by atoms with Gasteiger partial charge in [0.05, 0.1) is 24.0 Å². The number of nitrogens with one attached hydrogen (secondary N) is 1. The van der Waals surface area contributed by atoms with Gasteiger partial charge in [-0.05, 0) is 23.8 Å². The Bertz CT molecular complexity index is 917. The molecule has 0 radical (unpaired) electrons. The Morgan fingerprint density at radius 3 is 2.64 bits per heavy atom. The molecule has 1 saturated heterocycles. The average molecular weight is 442 g/mol. The van der Waals surface area contributed by atoms with E-state index < -0.39 is 10.0 Å². The first-order valence-corrected chi connectivity index (χ1v) is 11.4. The highest BCUT2D eigenvalue weighted by atomic mass is 35.5. The summed E-state index contributed by atoms with van der Waals surface area (Å²) in [6.07, 6.45) is 1.33. The van der Waals surface area contributed by atoms with Gasteiger partial charge in [-0.2, -0.15) is 4.31 Å². The number of halogens is 1. The van der Waals surface area contributed by atoms with Gasteiger partial charge >= 0.3 is 0 Å². The molecule has 0 atom stereocenters. The van der Waals surface area contributed by atoms with Crippen LogP contribution in [0.5, 0.6) is 0 Å².